The van der Waals surface area contributed by atoms with Gasteiger partial charge in [-0.25, -0.2) is 0 Å². The fourth-order valence-corrected chi connectivity index (χ4v) is 5.18. The molecular weight excluding hydrogens is 566 g/mol. The Hall–Kier alpha value is -3.75. The molecule has 0 bridgehead atoms. The van der Waals surface area contributed by atoms with Gasteiger partial charge in [0.15, 0.2) is 11.5 Å². The molecule has 1 aliphatic heterocycles. The average molecular weight is 590 g/mol. The Morgan fingerprint density at radius 2 is 1.66 bits per heavy atom. The van der Waals surface area contributed by atoms with Gasteiger partial charge in [0.05, 0.1) is 18.6 Å². The van der Waals surface area contributed by atoms with Crippen LogP contribution in [0.25, 0.3) is 16.8 Å². The van der Waals surface area contributed by atoms with Crippen LogP contribution in [0, 0.1) is 0 Å². The lowest BCUT2D eigenvalue weighted by atomic mass is 10.1. The largest absolute Gasteiger partial charge is 0.493 e. The second-order valence-corrected chi connectivity index (χ2v) is 10.4. The average Bonchev–Trinajstić information content (AvgIpc) is 3.20. The van der Waals surface area contributed by atoms with Gasteiger partial charge in [0.2, 0.25) is 0 Å². The van der Waals surface area contributed by atoms with E-state index in [1.54, 1.807) is 25.3 Å². The van der Waals surface area contributed by atoms with Crippen LogP contribution >= 0.6 is 27.7 Å². The second kappa shape index (κ2) is 11.8. The molecule has 1 fully saturated rings. The molecule has 0 spiro atoms. The Kier molecular flexibility index (Phi) is 8.00. The van der Waals surface area contributed by atoms with Gasteiger partial charge < -0.3 is 14.2 Å². The molecule has 0 aliphatic carbocycles. The molecule has 1 aliphatic rings. The lowest BCUT2D eigenvalue weighted by Gasteiger charge is -2.14. The van der Waals surface area contributed by atoms with Crippen LogP contribution in [0.3, 0.4) is 0 Å². The van der Waals surface area contributed by atoms with Crippen LogP contribution < -0.4 is 14.2 Å². The number of fused-ring (bicyclic) bond motifs is 1. The van der Waals surface area contributed by atoms with Crippen molar-refractivity contribution in [3.8, 4) is 17.2 Å². The van der Waals surface area contributed by atoms with Gasteiger partial charge in [-0.2, -0.15) is 0 Å². The molecule has 0 unspecified atom stereocenters. The van der Waals surface area contributed by atoms with Crippen molar-refractivity contribution in [3.63, 3.8) is 0 Å². The number of methoxy groups -OCH3 is 1. The fourth-order valence-electron chi connectivity index (χ4n) is 4.05. The molecule has 0 radical (unpaired) electrons. The number of carbonyl (C=O) groups excluding carboxylic acids is 2. The van der Waals surface area contributed by atoms with Crippen LogP contribution in [0.1, 0.15) is 11.1 Å². The highest BCUT2D eigenvalue weighted by Gasteiger charge is 2.34. The summed E-state index contributed by atoms with van der Waals surface area (Å²) in [7, 11) is 1.56. The normalized spacial score (nSPS) is 14.4. The van der Waals surface area contributed by atoms with Gasteiger partial charge >= 0.3 is 0 Å². The minimum Gasteiger partial charge on any atom is -0.493 e. The number of carbonyl (C=O) groups is 2. The van der Waals surface area contributed by atoms with E-state index in [1.165, 1.54) is 4.90 Å². The number of benzene rings is 4. The molecule has 5 rings (SSSR count). The summed E-state index contributed by atoms with van der Waals surface area (Å²) in [6.07, 6.45) is 1.69. The van der Waals surface area contributed by atoms with Crippen LogP contribution in [-0.4, -0.2) is 36.3 Å². The van der Waals surface area contributed by atoms with E-state index in [1.807, 2.05) is 72.8 Å². The highest BCUT2D eigenvalue weighted by atomic mass is 79.9. The van der Waals surface area contributed by atoms with Crippen molar-refractivity contribution < 1.29 is 23.8 Å². The Labute approximate surface area is 233 Å². The number of nitrogens with zero attached hydrogens (tertiary/aromatic N) is 1. The number of ether oxygens (including phenoxy) is 3. The molecule has 0 saturated carbocycles. The van der Waals surface area contributed by atoms with Crippen molar-refractivity contribution in [2.24, 2.45) is 0 Å². The predicted molar refractivity (Wildman–Crippen MR) is 154 cm³/mol. The number of rotatable bonds is 9. The van der Waals surface area contributed by atoms with Gasteiger partial charge in [0.1, 0.15) is 19.0 Å². The molecule has 4 aromatic rings. The number of thioether (sulfide) groups is 1. The summed E-state index contributed by atoms with van der Waals surface area (Å²) in [6.45, 7) is 0.762. The first kappa shape index (κ1) is 25.9. The van der Waals surface area contributed by atoms with E-state index in [4.69, 9.17) is 14.2 Å². The summed E-state index contributed by atoms with van der Waals surface area (Å²) in [5, 5.41) is 1.74. The van der Waals surface area contributed by atoms with Crippen LogP contribution in [0.2, 0.25) is 0 Å². The standard InChI is InChI=1S/C30H24BrNO5S/c1-35-27-17-21(11-14-26(27)37-19-20-9-12-23(31)13-10-20)18-28-29(33)32(30(34)38-28)15-16-36-25-8-4-6-22-5-2-3-7-24(22)25/h2-14,17-18H,15-16,19H2,1H3/b28-18-. The van der Waals surface area contributed by atoms with E-state index in [9.17, 15) is 9.59 Å². The van der Waals surface area contributed by atoms with Gasteiger partial charge in [-0.1, -0.05) is 70.5 Å². The molecular formula is C30H24BrNO5S. The van der Waals surface area contributed by atoms with Gasteiger partial charge in [-0.3, -0.25) is 14.5 Å². The Bertz CT molecular complexity index is 1510. The molecule has 0 aromatic heterocycles. The fraction of sp³-hybridized carbons (Fsp3) is 0.133. The highest BCUT2D eigenvalue weighted by Crippen LogP contribution is 2.35. The quantitative estimate of drug-likeness (QED) is 0.191. The zero-order valence-electron chi connectivity index (χ0n) is 20.6. The van der Waals surface area contributed by atoms with Crippen molar-refractivity contribution in [3.05, 3.63) is 105 Å². The van der Waals surface area contributed by atoms with Gasteiger partial charge in [-0.05, 0) is 64.7 Å². The third-order valence-corrected chi connectivity index (χ3v) is 7.42. The molecule has 0 N–H and O–H groups in total. The van der Waals surface area contributed by atoms with Gasteiger partial charge in [0, 0.05) is 9.86 Å². The van der Waals surface area contributed by atoms with Crippen LogP contribution in [0.4, 0.5) is 4.79 Å². The van der Waals surface area contributed by atoms with Crippen molar-refractivity contribution in [2.45, 2.75) is 6.61 Å². The summed E-state index contributed by atoms with van der Waals surface area (Å²) in [6, 6.07) is 27.0. The van der Waals surface area contributed by atoms with E-state index in [-0.39, 0.29) is 24.3 Å². The second-order valence-electron chi connectivity index (χ2n) is 8.48. The van der Waals surface area contributed by atoms with E-state index >= 15 is 0 Å². The van der Waals surface area contributed by atoms with E-state index < -0.39 is 0 Å². The number of hydrogen-bond acceptors (Lipinski definition) is 6. The minimum atomic E-state index is -0.337. The summed E-state index contributed by atoms with van der Waals surface area (Å²) in [5.74, 6) is 1.51. The number of halogens is 1. The monoisotopic (exact) mass is 589 g/mol. The molecule has 8 heteroatoms. The molecule has 0 atom stereocenters. The topological polar surface area (TPSA) is 65.1 Å². The number of amides is 2. The first-order chi connectivity index (χ1) is 18.5. The lowest BCUT2D eigenvalue weighted by Crippen LogP contribution is -2.32. The first-order valence-corrected chi connectivity index (χ1v) is 13.5. The van der Waals surface area contributed by atoms with E-state index in [0.29, 0.717) is 23.0 Å². The summed E-state index contributed by atoms with van der Waals surface area (Å²) < 4.78 is 18.4. The summed E-state index contributed by atoms with van der Waals surface area (Å²) >= 11 is 4.35. The zero-order chi connectivity index (χ0) is 26.5. The molecule has 2 amide bonds. The molecule has 4 aromatic carbocycles. The van der Waals surface area contributed by atoms with Gasteiger partial charge in [0.25, 0.3) is 11.1 Å². The SMILES string of the molecule is COc1cc(/C=C2\SC(=O)N(CCOc3cccc4ccccc34)C2=O)ccc1OCc1ccc(Br)cc1. The van der Waals surface area contributed by atoms with Crippen LogP contribution in [-0.2, 0) is 11.4 Å². The number of hydrogen-bond donors (Lipinski definition) is 0. The van der Waals surface area contributed by atoms with Crippen molar-refractivity contribution in [2.75, 3.05) is 20.3 Å². The maximum absolute atomic E-state index is 13.0. The molecule has 192 valence electrons. The molecule has 1 heterocycles. The third kappa shape index (κ3) is 5.87. The molecule has 38 heavy (non-hydrogen) atoms. The summed E-state index contributed by atoms with van der Waals surface area (Å²) in [5.41, 5.74) is 1.76. The Balaban J connectivity index is 1.23. The third-order valence-electron chi connectivity index (χ3n) is 5.99. The molecule has 6 nitrogen and oxygen atoms in total. The van der Waals surface area contributed by atoms with Crippen molar-refractivity contribution >= 4 is 55.7 Å². The maximum Gasteiger partial charge on any atom is 0.293 e. The predicted octanol–water partition coefficient (Wildman–Crippen LogP) is 7.31. The highest BCUT2D eigenvalue weighted by molar-refractivity contribution is 9.10. The van der Waals surface area contributed by atoms with Gasteiger partial charge in [-0.15, -0.1) is 0 Å². The van der Waals surface area contributed by atoms with E-state index in [0.717, 1.165) is 43.9 Å². The smallest absolute Gasteiger partial charge is 0.293 e. The lowest BCUT2D eigenvalue weighted by molar-refractivity contribution is -0.123. The van der Waals surface area contributed by atoms with Crippen molar-refractivity contribution in [1.82, 2.24) is 4.90 Å². The Morgan fingerprint density at radius 1 is 0.868 bits per heavy atom. The van der Waals surface area contributed by atoms with E-state index in [2.05, 4.69) is 15.9 Å². The molecule has 1 saturated heterocycles. The number of imide groups is 1. The Morgan fingerprint density at radius 3 is 2.47 bits per heavy atom. The zero-order valence-corrected chi connectivity index (χ0v) is 23.0. The van der Waals surface area contributed by atoms with Crippen molar-refractivity contribution in [1.29, 1.82) is 0 Å². The maximum atomic E-state index is 13.0. The summed E-state index contributed by atoms with van der Waals surface area (Å²) in [4.78, 5) is 27.1. The first-order valence-electron chi connectivity index (χ1n) is 11.9. The van der Waals surface area contributed by atoms with Crippen LogP contribution in [0.15, 0.2) is 94.3 Å². The minimum absolute atomic E-state index is 0.164. The van der Waals surface area contributed by atoms with Crippen LogP contribution in [0.5, 0.6) is 17.2 Å².